The van der Waals surface area contributed by atoms with Crippen LogP contribution in [0, 0.1) is 6.92 Å². The van der Waals surface area contributed by atoms with Crippen molar-refractivity contribution in [3.63, 3.8) is 0 Å². The van der Waals surface area contributed by atoms with Crippen LogP contribution in [0.25, 0.3) is 27.9 Å². The lowest BCUT2D eigenvalue weighted by Gasteiger charge is -2.35. The summed E-state index contributed by atoms with van der Waals surface area (Å²) in [5, 5.41) is 1.06. The Bertz CT molecular complexity index is 1290. The maximum absolute atomic E-state index is 14.4. The number of aryl methyl sites for hydroxylation is 1. The number of para-hydroxylation sites is 1. The fourth-order valence-electron chi connectivity index (χ4n) is 4.41. The minimum atomic E-state index is -1.04. The largest absolute Gasteiger partial charge is 0.491 e. The van der Waals surface area contributed by atoms with E-state index < -0.39 is 12.2 Å². The van der Waals surface area contributed by atoms with Crippen molar-refractivity contribution >= 4 is 22.2 Å². The number of alkyl halides is 1. The Morgan fingerprint density at radius 3 is 2.91 bits per heavy atom. The van der Waals surface area contributed by atoms with Crippen LogP contribution < -0.4 is 15.4 Å². The number of imidazole rings is 1. The molecule has 0 bridgehead atoms. The second-order valence-corrected chi connectivity index (χ2v) is 8.49. The van der Waals surface area contributed by atoms with Gasteiger partial charge in [0.2, 0.25) is 0 Å². The molecule has 1 saturated heterocycles. The van der Waals surface area contributed by atoms with Crippen LogP contribution in [-0.2, 0) is 4.74 Å². The van der Waals surface area contributed by atoms with Gasteiger partial charge in [-0.3, -0.25) is 4.40 Å². The smallest absolute Gasteiger partial charge is 0.140 e. The molecule has 2 N–H and O–H groups in total. The first-order valence-electron chi connectivity index (χ1n) is 11.2. The van der Waals surface area contributed by atoms with Crippen LogP contribution in [0.2, 0.25) is 0 Å². The summed E-state index contributed by atoms with van der Waals surface area (Å²) in [6, 6.07) is 11.6. The summed E-state index contributed by atoms with van der Waals surface area (Å²) in [4.78, 5) is 11.6. The second kappa shape index (κ2) is 8.96. The summed E-state index contributed by atoms with van der Waals surface area (Å²) in [6.07, 6.45) is 3.34. The average Bonchev–Trinajstić information content (AvgIpc) is 3.24. The SMILES string of the molecule is COCCOc1ccn2c(-c3cc(C)c4cccc(N5CCC(N)C(F)C5)c4n3)cnc2c1. The summed E-state index contributed by atoms with van der Waals surface area (Å²) in [5.74, 6) is 0.741. The predicted molar refractivity (Wildman–Crippen MR) is 128 cm³/mol. The highest BCUT2D eigenvalue weighted by atomic mass is 19.1. The van der Waals surface area contributed by atoms with E-state index in [9.17, 15) is 4.39 Å². The molecule has 0 saturated carbocycles. The van der Waals surface area contributed by atoms with E-state index in [0.29, 0.717) is 26.2 Å². The van der Waals surface area contributed by atoms with Crippen LogP contribution in [0.4, 0.5) is 10.1 Å². The monoisotopic (exact) mass is 449 g/mol. The third-order valence-corrected chi connectivity index (χ3v) is 6.26. The Morgan fingerprint density at radius 1 is 1.21 bits per heavy atom. The van der Waals surface area contributed by atoms with Gasteiger partial charge in [0.15, 0.2) is 0 Å². The number of hydrogen-bond acceptors (Lipinski definition) is 6. The minimum absolute atomic E-state index is 0.284. The third-order valence-electron chi connectivity index (χ3n) is 6.26. The second-order valence-electron chi connectivity index (χ2n) is 8.49. The standard InChI is InChI=1S/C25H28FN5O2/c1-16-12-21(23-14-28-24-13-17(6-9-31(23)24)33-11-10-32-2)29-25-18(16)4-3-5-22(25)30-8-7-20(27)19(26)15-30/h3-6,9,12-14,19-20H,7-8,10-11,15,27H2,1-2H3. The van der Waals surface area contributed by atoms with E-state index in [1.54, 1.807) is 7.11 Å². The molecular weight excluding hydrogens is 421 g/mol. The molecule has 2 atom stereocenters. The number of nitrogens with two attached hydrogens (primary N) is 1. The van der Waals surface area contributed by atoms with Gasteiger partial charge < -0.3 is 20.1 Å². The fourth-order valence-corrected chi connectivity index (χ4v) is 4.41. The molecule has 0 spiro atoms. The van der Waals surface area contributed by atoms with Crippen molar-refractivity contribution in [3.05, 3.63) is 54.4 Å². The third kappa shape index (κ3) is 4.12. The first-order valence-corrected chi connectivity index (χ1v) is 11.2. The van der Waals surface area contributed by atoms with Crippen LogP contribution in [0.5, 0.6) is 5.75 Å². The zero-order valence-corrected chi connectivity index (χ0v) is 18.9. The Kier molecular flexibility index (Phi) is 5.86. The van der Waals surface area contributed by atoms with Crippen molar-refractivity contribution in [2.45, 2.75) is 25.6 Å². The molecule has 0 aliphatic carbocycles. The lowest BCUT2D eigenvalue weighted by atomic mass is 10.0. The predicted octanol–water partition coefficient (Wildman–Crippen LogP) is 3.76. The summed E-state index contributed by atoms with van der Waals surface area (Å²) in [5.41, 5.74) is 11.3. The van der Waals surface area contributed by atoms with Gasteiger partial charge in [-0.15, -0.1) is 0 Å². The van der Waals surface area contributed by atoms with E-state index in [2.05, 4.69) is 28.9 Å². The van der Waals surface area contributed by atoms with Crippen molar-refractivity contribution in [1.29, 1.82) is 0 Å². The van der Waals surface area contributed by atoms with Gasteiger partial charge in [0.05, 0.1) is 41.9 Å². The van der Waals surface area contributed by atoms with Crippen LogP contribution in [0.3, 0.4) is 0 Å². The minimum Gasteiger partial charge on any atom is -0.491 e. The molecular formula is C25H28FN5O2. The number of fused-ring (bicyclic) bond motifs is 2. The molecule has 1 aliphatic heterocycles. The molecule has 5 rings (SSSR count). The molecule has 7 nitrogen and oxygen atoms in total. The lowest BCUT2D eigenvalue weighted by Crippen LogP contribution is -2.48. The van der Waals surface area contributed by atoms with Crippen LogP contribution >= 0.6 is 0 Å². The number of nitrogens with zero attached hydrogens (tertiary/aromatic N) is 4. The Morgan fingerprint density at radius 2 is 2.09 bits per heavy atom. The van der Waals surface area contributed by atoms with Crippen LogP contribution in [0.1, 0.15) is 12.0 Å². The molecule has 1 aliphatic rings. The van der Waals surface area contributed by atoms with Crippen LogP contribution in [0.15, 0.2) is 48.8 Å². The maximum Gasteiger partial charge on any atom is 0.140 e. The number of rotatable bonds is 6. The molecule has 172 valence electrons. The van der Waals surface area contributed by atoms with E-state index in [4.69, 9.17) is 20.2 Å². The van der Waals surface area contributed by atoms with Gasteiger partial charge in [-0.1, -0.05) is 12.1 Å². The van der Waals surface area contributed by atoms with E-state index in [0.717, 1.165) is 44.9 Å². The topological polar surface area (TPSA) is 77.9 Å². The van der Waals surface area contributed by atoms with Gasteiger partial charge in [0, 0.05) is 37.3 Å². The number of hydrogen-bond donors (Lipinski definition) is 1. The van der Waals surface area contributed by atoms with Gasteiger partial charge in [0.1, 0.15) is 24.2 Å². The number of ether oxygens (including phenoxy) is 2. The van der Waals surface area contributed by atoms with Gasteiger partial charge in [0.25, 0.3) is 0 Å². The molecule has 4 heterocycles. The lowest BCUT2D eigenvalue weighted by molar-refractivity contribution is 0.146. The number of piperidine rings is 1. The molecule has 1 aromatic carbocycles. The van der Waals surface area contributed by atoms with Crippen molar-refractivity contribution in [3.8, 4) is 17.1 Å². The zero-order chi connectivity index (χ0) is 22.9. The Hall–Kier alpha value is -3.23. The molecule has 0 amide bonds. The highest BCUT2D eigenvalue weighted by Crippen LogP contribution is 2.33. The maximum atomic E-state index is 14.4. The first kappa shape index (κ1) is 21.6. The molecule has 33 heavy (non-hydrogen) atoms. The summed E-state index contributed by atoms with van der Waals surface area (Å²) in [6.45, 7) is 4.08. The van der Waals surface area contributed by atoms with E-state index in [-0.39, 0.29) is 6.54 Å². The molecule has 1 fully saturated rings. The quantitative estimate of drug-likeness (QED) is 0.452. The zero-order valence-electron chi connectivity index (χ0n) is 18.9. The fraction of sp³-hybridized carbons (Fsp3) is 0.360. The summed E-state index contributed by atoms with van der Waals surface area (Å²) >= 11 is 0. The highest BCUT2D eigenvalue weighted by molar-refractivity contribution is 5.94. The molecule has 4 aromatic rings. The molecule has 2 unspecified atom stereocenters. The van der Waals surface area contributed by atoms with Gasteiger partial charge >= 0.3 is 0 Å². The number of pyridine rings is 2. The van der Waals surface area contributed by atoms with Gasteiger partial charge in [-0.25, -0.2) is 14.4 Å². The number of aromatic nitrogens is 3. The Labute approximate surface area is 191 Å². The highest BCUT2D eigenvalue weighted by Gasteiger charge is 2.27. The van der Waals surface area contributed by atoms with Crippen LogP contribution in [-0.4, -0.2) is 60.0 Å². The number of benzene rings is 1. The van der Waals surface area contributed by atoms with E-state index >= 15 is 0 Å². The van der Waals surface area contributed by atoms with Crippen molar-refractivity contribution in [2.24, 2.45) is 5.73 Å². The van der Waals surface area contributed by atoms with Crippen molar-refractivity contribution in [2.75, 3.05) is 38.3 Å². The normalized spacial score (nSPS) is 18.8. The number of halogens is 1. The molecule has 8 heteroatoms. The number of methoxy groups -OCH3 is 1. The number of anilines is 1. The van der Waals surface area contributed by atoms with E-state index in [1.165, 1.54) is 0 Å². The van der Waals surface area contributed by atoms with E-state index in [1.807, 2.05) is 41.1 Å². The average molecular weight is 450 g/mol. The van der Waals surface area contributed by atoms with Gasteiger partial charge in [-0.2, -0.15) is 0 Å². The Balaban J connectivity index is 1.54. The molecule has 0 radical (unpaired) electrons. The van der Waals surface area contributed by atoms with Gasteiger partial charge in [-0.05, 0) is 37.1 Å². The summed E-state index contributed by atoms with van der Waals surface area (Å²) < 4.78 is 27.1. The van der Waals surface area contributed by atoms with Crippen molar-refractivity contribution < 1.29 is 13.9 Å². The van der Waals surface area contributed by atoms with Crippen molar-refractivity contribution in [1.82, 2.24) is 14.4 Å². The molecule has 3 aromatic heterocycles. The first-order chi connectivity index (χ1) is 16.0. The summed E-state index contributed by atoms with van der Waals surface area (Å²) in [7, 11) is 1.65.